The summed E-state index contributed by atoms with van der Waals surface area (Å²) in [7, 11) is 0. The van der Waals surface area contributed by atoms with Gasteiger partial charge in [-0.25, -0.2) is 4.79 Å². The van der Waals surface area contributed by atoms with Crippen LogP contribution in [0, 0.1) is 0 Å². The topological polar surface area (TPSA) is 63.3 Å². The molecule has 1 aromatic rings. The molecule has 0 heterocycles. The first-order valence-electron chi connectivity index (χ1n) is 3.86. The fraction of sp³-hybridized carbons (Fsp3) is 0.222. The van der Waals surface area contributed by atoms with Crippen molar-refractivity contribution in [2.75, 3.05) is 5.73 Å². The van der Waals surface area contributed by atoms with Gasteiger partial charge in [-0.3, -0.25) is 0 Å². The number of nitrogen functional groups attached to an aromatic ring is 1. The molecular formula is C9H9Cl2NO2. The lowest BCUT2D eigenvalue weighted by Crippen LogP contribution is -2.06. The normalized spacial score (nSPS) is 10.1. The van der Waals surface area contributed by atoms with E-state index in [1.165, 1.54) is 6.07 Å². The van der Waals surface area contributed by atoms with E-state index in [4.69, 9.17) is 34.0 Å². The number of alkyl halides is 2. The lowest BCUT2D eigenvalue weighted by atomic mass is 10.0. The first kappa shape index (κ1) is 11.1. The number of hydrogen-bond acceptors (Lipinski definition) is 2. The fourth-order valence-corrected chi connectivity index (χ4v) is 1.52. The third-order valence-electron chi connectivity index (χ3n) is 1.85. The molecule has 0 spiro atoms. The highest BCUT2D eigenvalue weighted by Crippen LogP contribution is 2.23. The molecule has 76 valence electrons. The van der Waals surface area contributed by atoms with E-state index in [9.17, 15) is 4.79 Å². The second-order valence-corrected chi connectivity index (χ2v) is 3.32. The highest BCUT2D eigenvalue weighted by atomic mass is 35.5. The highest BCUT2D eigenvalue weighted by Gasteiger charge is 2.12. The Morgan fingerprint density at radius 3 is 2.43 bits per heavy atom. The van der Waals surface area contributed by atoms with Crippen molar-refractivity contribution in [3.8, 4) is 0 Å². The average Bonchev–Trinajstić information content (AvgIpc) is 2.17. The predicted molar refractivity (Wildman–Crippen MR) is 56.9 cm³/mol. The van der Waals surface area contributed by atoms with E-state index in [0.29, 0.717) is 11.1 Å². The summed E-state index contributed by atoms with van der Waals surface area (Å²) in [6.07, 6.45) is 0. The molecule has 3 nitrogen and oxygen atoms in total. The van der Waals surface area contributed by atoms with Crippen LogP contribution >= 0.6 is 23.2 Å². The summed E-state index contributed by atoms with van der Waals surface area (Å²) in [5, 5.41) is 8.84. The van der Waals surface area contributed by atoms with E-state index in [0.717, 1.165) is 0 Å². The third-order valence-corrected chi connectivity index (χ3v) is 2.45. The molecule has 0 aliphatic carbocycles. The van der Waals surface area contributed by atoms with Gasteiger partial charge in [0.25, 0.3) is 0 Å². The summed E-state index contributed by atoms with van der Waals surface area (Å²) in [5.41, 5.74) is 7.18. The minimum absolute atomic E-state index is 0.0544. The quantitative estimate of drug-likeness (QED) is 0.623. The zero-order chi connectivity index (χ0) is 10.7. The van der Waals surface area contributed by atoms with Gasteiger partial charge in [0, 0.05) is 11.8 Å². The van der Waals surface area contributed by atoms with Crippen molar-refractivity contribution < 1.29 is 9.90 Å². The van der Waals surface area contributed by atoms with Gasteiger partial charge >= 0.3 is 5.97 Å². The molecule has 0 atom stereocenters. The van der Waals surface area contributed by atoms with Crippen LogP contribution in [0.15, 0.2) is 12.1 Å². The van der Waals surface area contributed by atoms with Crippen LogP contribution in [0.25, 0.3) is 0 Å². The van der Waals surface area contributed by atoms with Crippen molar-refractivity contribution in [2.45, 2.75) is 11.8 Å². The summed E-state index contributed by atoms with van der Waals surface area (Å²) in [6, 6.07) is 3.17. The highest BCUT2D eigenvalue weighted by molar-refractivity contribution is 6.18. The van der Waals surface area contributed by atoms with Crippen molar-refractivity contribution >= 4 is 34.9 Å². The molecule has 1 rings (SSSR count). The number of anilines is 1. The Morgan fingerprint density at radius 1 is 1.36 bits per heavy atom. The maximum absolute atomic E-state index is 10.8. The van der Waals surface area contributed by atoms with Gasteiger partial charge in [0.1, 0.15) is 0 Å². The molecule has 0 fully saturated rings. The Morgan fingerprint density at radius 2 is 2.00 bits per heavy atom. The lowest BCUT2D eigenvalue weighted by molar-refractivity contribution is 0.0698. The molecule has 0 aromatic heterocycles. The molecule has 14 heavy (non-hydrogen) atoms. The molecule has 0 saturated heterocycles. The Labute approximate surface area is 91.4 Å². The summed E-state index contributed by atoms with van der Waals surface area (Å²) in [6.45, 7) is 0. The van der Waals surface area contributed by atoms with Crippen LogP contribution in [0.1, 0.15) is 21.5 Å². The lowest BCUT2D eigenvalue weighted by Gasteiger charge is -2.08. The number of carboxylic acid groups (broad SMARTS) is 1. The molecule has 3 N–H and O–H groups in total. The van der Waals surface area contributed by atoms with E-state index < -0.39 is 5.97 Å². The van der Waals surface area contributed by atoms with Crippen LogP contribution < -0.4 is 5.73 Å². The first-order chi connectivity index (χ1) is 6.60. The number of halogens is 2. The standard InChI is InChI=1S/C9H9Cl2NO2/c10-3-5-1-6(4-11)8(12)7(2-5)9(13)14/h1-2H,3-4,12H2,(H,13,14). The van der Waals surface area contributed by atoms with Crippen LogP contribution in [0.4, 0.5) is 5.69 Å². The van der Waals surface area contributed by atoms with Crippen LogP contribution in [0.2, 0.25) is 0 Å². The molecule has 0 aliphatic heterocycles. The molecule has 0 aliphatic rings. The van der Waals surface area contributed by atoms with E-state index >= 15 is 0 Å². The van der Waals surface area contributed by atoms with Gasteiger partial charge in [-0.2, -0.15) is 0 Å². The monoisotopic (exact) mass is 233 g/mol. The molecule has 5 heteroatoms. The molecular weight excluding hydrogens is 225 g/mol. The number of rotatable bonds is 3. The average molecular weight is 234 g/mol. The Balaban J connectivity index is 3.34. The van der Waals surface area contributed by atoms with E-state index in [1.54, 1.807) is 6.07 Å². The van der Waals surface area contributed by atoms with Crippen molar-refractivity contribution in [1.29, 1.82) is 0 Å². The predicted octanol–water partition coefficient (Wildman–Crippen LogP) is 2.44. The third kappa shape index (κ3) is 2.11. The Bertz CT molecular complexity index is 366. The summed E-state index contributed by atoms with van der Waals surface area (Å²) < 4.78 is 0. The minimum Gasteiger partial charge on any atom is -0.478 e. The van der Waals surface area contributed by atoms with Crippen LogP contribution in [0.3, 0.4) is 0 Å². The molecule has 0 unspecified atom stereocenters. The second-order valence-electron chi connectivity index (χ2n) is 2.79. The molecule has 0 radical (unpaired) electrons. The number of carbonyl (C=O) groups is 1. The van der Waals surface area contributed by atoms with Crippen LogP contribution in [-0.4, -0.2) is 11.1 Å². The van der Waals surface area contributed by atoms with Gasteiger partial charge in [-0.15, -0.1) is 23.2 Å². The number of carboxylic acids is 1. The van der Waals surface area contributed by atoms with Gasteiger partial charge in [0.2, 0.25) is 0 Å². The first-order valence-corrected chi connectivity index (χ1v) is 4.93. The number of hydrogen-bond donors (Lipinski definition) is 2. The Kier molecular flexibility index (Phi) is 3.61. The molecule has 0 saturated carbocycles. The number of benzene rings is 1. The molecule has 0 bridgehead atoms. The minimum atomic E-state index is -1.07. The molecule has 0 amide bonds. The zero-order valence-corrected chi connectivity index (χ0v) is 8.77. The van der Waals surface area contributed by atoms with Gasteiger partial charge in [0.15, 0.2) is 0 Å². The van der Waals surface area contributed by atoms with Crippen molar-refractivity contribution in [2.24, 2.45) is 0 Å². The maximum atomic E-state index is 10.8. The van der Waals surface area contributed by atoms with Crippen molar-refractivity contribution in [3.05, 3.63) is 28.8 Å². The van der Waals surface area contributed by atoms with E-state index in [1.807, 2.05) is 0 Å². The van der Waals surface area contributed by atoms with Crippen molar-refractivity contribution in [3.63, 3.8) is 0 Å². The largest absolute Gasteiger partial charge is 0.478 e. The fourth-order valence-electron chi connectivity index (χ4n) is 1.14. The Hall–Kier alpha value is -0.930. The van der Waals surface area contributed by atoms with E-state index in [2.05, 4.69) is 0 Å². The van der Waals surface area contributed by atoms with Gasteiger partial charge in [0.05, 0.1) is 11.3 Å². The van der Waals surface area contributed by atoms with E-state index in [-0.39, 0.29) is 23.0 Å². The van der Waals surface area contributed by atoms with Gasteiger partial charge < -0.3 is 10.8 Å². The molecule has 1 aromatic carbocycles. The SMILES string of the molecule is Nc1c(CCl)cc(CCl)cc1C(=O)O. The van der Waals surface area contributed by atoms with Gasteiger partial charge in [-0.05, 0) is 17.2 Å². The summed E-state index contributed by atoms with van der Waals surface area (Å²) in [5.74, 6) is -0.651. The van der Waals surface area contributed by atoms with Crippen LogP contribution in [-0.2, 0) is 11.8 Å². The number of aromatic carboxylic acids is 1. The van der Waals surface area contributed by atoms with Crippen molar-refractivity contribution in [1.82, 2.24) is 0 Å². The smallest absolute Gasteiger partial charge is 0.337 e. The van der Waals surface area contributed by atoms with Crippen LogP contribution in [0.5, 0.6) is 0 Å². The summed E-state index contributed by atoms with van der Waals surface area (Å²) >= 11 is 11.2. The zero-order valence-electron chi connectivity index (χ0n) is 7.26. The maximum Gasteiger partial charge on any atom is 0.337 e. The number of nitrogens with two attached hydrogens (primary N) is 1. The summed E-state index contributed by atoms with van der Waals surface area (Å²) in [4.78, 5) is 10.8. The second kappa shape index (κ2) is 4.53. The van der Waals surface area contributed by atoms with Gasteiger partial charge in [-0.1, -0.05) is 6.07 Å².